The molecule has 0 radical (unpaired) electrons. The Morgan fingerprint density at radius 3 is 2.55 bits per heavy atom. The Morgan fingerprint density at radius 2 is 1.94 bits per heavy atom. The zero-order valence-electron chi connectivity index (χ0n) is 18.1. The maximum atomic E-state index is 12.8. The number of hydrogen-bond donors (Lipinski definition) is 4. The van der Waals surface area contributed by atoms with Crippen molar-refractivity contribution in [3.05, 3.63) is 35.4 Å². The number of halogens is 3. The molecule has 174 valence electrons. The highest BCUT2D eigenvalue weighted by Gasteiger charge is 2.35. The molecule has 1 saturated carbocycles. The van der Waals surface area contributed by atoms with Crippen molar-refractivity contribution < 1.29 is 27.9 Å². The molecule has 1 aromatic rings. The lowest BCUT2D eigenvalue weighted by molar-refractivity contribution is -0.137. The van der Waals surface area contributed by atoms with Crippen LogP contribution in [0.1, 0.15) is 62.4 Å². The summed E-state index contributed by atoms with van der Waals surface area (Å²) in [6, 6.07) is 4.41. The minimum absolute atomic E-state index is 0.113. The van der Waals surface area contributed by atoms with Gasteiger partial charge in [-0.15, -0.1) is 0 Å². The van der Waals surface area contributed by atoms with Crippen molar-refractivity contribution in [2.45, 2.75) is 76.9 Å². The first-order valence-electron chi connectivity index (χ1n) is 10.7. The Morgan fingerprint density at radius 1 is 1.23 bits per heavy atom. The summed E-state index contributed by atoms with van der Waals surface area (Å²) in [5.74, 6) is -1.30. The van der Waals surface area contributed by atoms with E-state index in [0.29, 0.717) is 18.9 Å². The average Bonchev–Trinajstić information content (AvgIpc) is 2.71. The third-order valence-corrected chi connectivity index (χ3v) is 5.59. The molecule has 0 heterocycles. The van der Waals surface area contributed by atoms with Crippen LogP contribution >= 0.6 is 0 Å². The molecular weight excluding hydrogens is 411 g/mol. The number of aliphatic hydroxyl groups excluding tert-OH is 1. The maximum absolute atomic E-state index is 12.8. The second-order valence-corrected chi connectivity index (χ2v) is 8.41. The van der Waals surface area contributed by atoms with E-state index in [1.807, 2.05) is 6.92 Å². The van der Waals surface area contributed by atoms with Crippen molar-refractivity contribution in [1.29, 1.82) is 0 Å². The van der Waals surface area contributed by atoms with Crippen LogP contribution in [0.4, 0.5) is 13.2 Å². The van der Waals surface area contributed by atoms with Gasteiger partial charge in [0.15, 0.2) is 0 Å². The van der Waals surface area contributed by atoms with Crippen LogP contribution in [0.5, 0.6) is 0 Å². The predicted octanol–water partition coefficient (Wildman–Crippen LogP) is 2.86. The normalized spacial score (nSPS) is 22.8. The third-order valence-electron chi connectivity index (χ3n) is 5.59. The monoisotopic (exact) mass is 443 g/mol. The largest absolute Gasteiger partial charge is 0.416 e. The van der Waals surface area contributed by atoms with Gasteiger partial charge in [0.2, 0.25) is 5.91 Å². The first-order valence-corrected chi connectivity index (χ1v) is 10.7. The molecule has 0 saturated heterocycles. The van der Waals surface area contributed by atoms with Gasteiger partial charge in [-0.25, -0.2) is 0 Å². The highest BCUT2D eigenvalue weighted by Crippen LogP contribution is 2.30. The third kappa shape index (κ3) is 7.50. The SMILES string of the molecule is CC[C@H](O)[C@H]1C[C@H](NC(C)C)CC[C@@H]1NC(=O)CNC(=O)c1cccc(C(F)(F)F)c1. The second-order valence-electron chi connectivity index (χ2n) is 8.41. The molecule has 2 rings (SSSR count). The van der Waals surface area contributed by atoms with Crippen molar-refractivity contribution in [1.82, 2.24) is 16.0 Å². The molecule has 0 aromatic heterocycles. The molecule has 0 bridgehead atoms. The number of amides is 2. The molecule has 4 atom stereocenters. The van der Waals surface area contributed by atoms with E-state index in [1.54, 1.807) is 0 Å². The summed E-state index contributed by atoms with van der Waals surface area (Å²) < 4.78 is 38.4. The molecule has 4 N–H and O–H groups in total. The second kappa shape index (κ2) is 10.9. The van der Waals surface area contributed by atoms with Gasteiger partial charge in [0, 0.05) is 29.6 Å². The molecule has 0 spiro atoms. The molecule has 0 aliphatic heterocycles. The molecular formula is C22H32F3N3O3. The van der Waals surface area contributed by atoms with Gasteiger partial charge in [0.05, 0.1) is 18.2 Å². The number of rotatable bonds is 8. The van der Waals surface area contributed by atoms with Crippen molar-refractivity contribution in [3.8, 4) is 0 Å². The quantitative estimate of drug-likeness (QED) is 0.497. The van der Waals surface area contributed by atoms with Gasteiger partial charge in [-0.1, -0.05) is 26.8 Å². The van der Waals surface area contributed by atoms with Gasteiger partial charge >= 0.3 is 6.18 Å². The average molecular weight is 444 g/mol. The Balaban J connectivity index is 1.93. The van der Waals surface area contributed by atoms with Gasteiger partial charge in [-0.05, 0) is 43.9 Å². The standard InChI is InChI=1S/C22H32F3N3O3/c1-4-19(29)17-11-16(27-13(2)3)8-9-18(17)28-20(30)12-26-21(31)14-6-5-7-15(10-14)22(23,24)25/h5-7,10,13,16-19,27,29H,4,8-9,11-12H2,1-3H3,(H,26,31)(H,28,30)/t16-,17+,18+,19+/m1/s1. The smallest absolute Gasteiger partial charge is 0.393 e. The van der Waals surface area contributed by atoms with Crippen LogP contribution in [0, 0.1) is 5.92 Å². The topological polar surface area (TPSA) is 90.5 Å². The molecule has 0 unspecified atom stereocenters. The fourth-order valence-corrected chi connectivity index (χ4v) is 4.09. The molecule has 1 aromatic carbocycles. The van der Waals surface area contributed by atoms with E-state index in [2.05, 4.69) is 29.8 Å². The summed E-state index contributed by atoms with van der Waals surface area (Å²) in [7, 11) is 0. The Labute approximate surface area is 181 Å². The maximum Gasteiger partial charge on any atom is 0.416 e. The fourth-order valence-electron chi connectivity index (χ4n) is 4.09. The molecule has 9 heteroatoms. The minimum atomic E-state index is -4.55. The molecule has 31 heavy (non-hydrogen) atoms. The molecule has 6 nitrogen and oxygen atoms in total. The van der Waals surface area contributed by atoms with E-state index in [9.17, 15) is 27.9 Å². The van der Waals surface area contributed by atoms with Crippen LogP contribution in [0.3, 0.4) is 0 Å². The number of benzene rings is 1. The number of aliphatic hydroxyl groups is 1. The highest BCUT2D eigenvalue weighted by atomic mass is 19.4. The lowest BCUT2D eigenvalue weighted by Gasteiger charge is -2.40. The summed E-state index contributed by atoms with van der Waals surface area (Å²) in [4.78, 5) is 24.6. The number of alkyl halides is 3. The lowest BCUT2D eigenvalue weighted by atomic mass is 9.77. The van der Waals surface area contributed by atoms with E-state index < -0.39 is 29.7 Å². The molecule has 1 aliphatic carbocycles. The van der Waals surface area contributed by atoms with E-state index in [4.69, 9.17) is 0 Å². The van der Waals surface area contributed by atoms with E-state index in [0.717, 1.165) is 31.0 Å². The van der Waals surface area contributed by atoms with Gasteiger partial charge in [0.25, 0.3) is 5.91 Å². The molecule has 2 amide bonds. The summed E-state index contributed by atoms with van der Waals surface area (Å²) in [5.41, 5.74) is -1.09. The zero-order chi connectivity index (χ0) is 23.2. The summed E-state index contributed by atoms with van der Waals surface area (Å²) in [5, 5.41) is 19.2. The minimum Gasteiger partial charge on any atom is -0.393 e. The Hall–Kier alpha value is -2.13. The Bertz CT molecular complexity index is 755. The number of carbonyl (C=O) groups excluding carboxylic acids is 2. The highest BCUT2D eigenvalue weighted by molar-refractivity contribution is 5.96. The van der Waals surface area contributed by atoms with Crippen LogP contribution < -0.4 is 16.0 Å². The Kier molecular flexibility index (Phi) is 8.88. The van der Waals surface area contributed by atoms with E-state index in [1.165, 1.54) is 6.07 Å². The summed E-state index contributed by atoms with van der Waals surface area (Å²) >= 11 is 0. The zero-order valence-corrected chi connectivity index (χ0v) is 18.1. The molecule has 1 fully saturated rings. The lowest BCUT2D eigenvalue weighted by Crippen LogP contribution is -2.53. The van der Waals surface area contributed by atoms with Gasteiger partial charge < -0.3 is 21.1 Å². The first-order chi connectivity index (χ1) is 14.5. The number of nitrogens with one attached hydrogen (secondary N) is 3. The fraction of sp³-hybridized carbons (Fsp3) is 0.636. The van der Waals surface area contributed by atoms with Crippen LogP contribution in [0.25, 0.3) is 0 Å². The van der Waals surface area contributed by atoms with Crippen molar-refractivity contribution in [2.24, 2.45) is 5.92 Å². The van der Waals surface area contributed by atoms with Crippen LogP contribution in [0.2, 0.25) is 0 Å². The van der Waals surface area contributed by atoms with Crippen molar-refractivity contribution >= 4 is 11.8 Å². The van der Waals surface area contributed by atoms with Crippen LogP contribution in [0.15, 0.2) is 24.3 Å². The van der Waals surface area contributed by atoms with Crippen molar-refractivity contribution in [3.63, 3.8) is 0 Å². The van der Waals surface area contributed by atoms with Gasteiger partial charge in [0.1, 0.15) is 0 Å². The van der Waals surface area contributed by atoms with Gasteiger partial charge in [-0.3, -0.25) is 9.59 Å². The van der Waals surface area contributed by atoms with E-state index >= 15 is 0 Å². The predicted molar refractivity (Wildman–Crippen MR) is 111 cm³/mol. The summed E-state index contributed by atoms with van der Waals surface area (Å²) in [6.07, 6.45) is -2.26. The number of hydrogen-bond acceptors (Lipinski definition) is 4. The van der Waals surface area contributed by atoms with Crippen LogP contribution in [-0.2, 0) is 11.0 Å². The summed E-state index contributed by atoms with van der Waals surface area (Å²) in [6.45, 7) is 5.66. The molecule has 1 aliphatic rings. The first kappa shape index (κ1) is 25.1. The van der Waals surface area contributed by atoms with Gasteiger partial charge in [-0.2, -0.15) is 13.2 Å². The van der Waals surface area contributed by atoms with E-state index in [-0.39, 0.29) is 30.1 Å². The van der Waals surface area contributed by atoms with Crippen molar-refractivity contribution in [2.75, 3.05) is 6.54 Å². The number of carbonyl (C=O) groups is 2. The van der Waals surface area contributed by atoms with Crippen LogP contribution in [-0.4, -0.2) is 47.7 Å².